The number of hydrogen-bond acceptors (Lipinski definition) is 6. The molecule has 0 spiro atoms. The summed E-state index contributed by atoms with van der Waals surface area (Å²) in [5.74, 6) is -38.9. The second-order valence-corrected chi connectivity index (χ2v) is 15.8. The molecule has 3 aromatic rings. The van der Waals surface area contributed by atoms with Gasteiger partial charge in [-0.1, -0.05) is 57.4 Å². The fourth-order valence-corrected chi connectivity index (χ4v) is 6.33. The maximum absolute atomic E-state index is 13.6. The summed E-state index contributed by atoms with van der Waals surface area (Å²) in [5.41, 5.74) is 0.543. The van der Waals surface area contributed by atoms with Crippen molar-refractivity contribution in [3.63, 3.8) is 0 Å². The third-order valence-electron chi connectivity index (χ3n) is 10.5. The summed E-state index contributed by atoms with van der Waals surface area (Å²) in [6.07, 6.45) is -16.0. The Kier molecular flexibility index (Phi) is 20.0. The Hall–Kier alpha value is -5.06. The minimum Gasteiger partial charge on any atom is -0.494 e. The summed E-state index contributed by atoms with van der Waals surface area (Å²) in [7, 11) is 0. The molecule has 0 atom stereocenters. The molecule has 0 N–H and O–H groups in total. The molecule has 69 heavy (non-hydrogen) atoms. The van der Waals surface area contributed by atoms with E-state index in [9.17, 15) is 88.6 Å². The molecule has 0 aliphatic carbocycles. The molecular formula is C45H46F18O6. The van der Waals surface area contributed by atoms with Gasteiger partial charge in [0.15, 0.2) is 0 Å². The van der Waals surface area contributed by atoms with E-state index in [4.69, 9.17) is 18.9 Å². The van der Waals surface area contributed by atoms with Gasteiger partial charge in [0.2, 0.25) is 0 Å². The standard InChI is InChI=1S/C45H46F18O6/c1-29-34(68-36(64)30-17-21-32(22-18-30)66-27-12-8-4-2-6-10-25-38(46,47)40(50,51)42(54,55)44(58,59)60)15-14-16-35(29)69-37(65)31-19-23-33(24-20-31)67-28-13-9-5-3-7-11-26-39(48,49)41(52,53)43(56,57)45(61,62)63/h14-24H,2-13,25-28H2,1H3. The van der Waals surface area contributed by atoms with Crippen LogP contribution in [0.15, 0.2) is 66.7 Å². The first-order valence-corrected chi connectivity index (χ1v) is 21.2. The van der Waals surface area contributed by atoms with Crippen LogP contribution in [0.1, 0.15) is 116 Å². The Balaban J connectivity index is 1.34. The number of halogens is 18. The minimum absolute atomic E-state index is 0.0717. The monoisotopic (exact) mass is 1020 g/mol. The molecule has 0 unspecified atom stereocenters. The number of hydrogen-bond donors (Lipinski definition) is 0. The fraction of sp³-hybridized carbons (Fsp3) is 0.556. The number of benzene rings is 3. The van der Waals surface area contributed by atoms with E-state index in [0.29, 0.717) is 55.6 Å². The maximum Gasteiger partial charge on any atom is 0.460 e. The highest BCUT2D eigenvalue weighted by Crippen LogP contribution is 2.55. The lowest BCUT2D eigenvalue weighted by Crippen LogP contribution is -2.60. The van der Waals surface area contributed by atoms with Crippen LogP contribution < -0.4 is 18.9 Å². The van der Waals surface area contributed by atoms with Crippen molar-refractivity contribution in [1.82, 2.24) is 0 Å². The second-order valence-electron chi connectivity index (χ2n) is 15.8. The average Bonchev–Trinajstić information content (AvgIpc) is 3.25. The Morgan fingerprint density at radius 1 is 0.391 bits per heavy atom. The van der Waals surface area contributed by atoms with Crippen molar-refractivity contribution < 1.29 is 108 Å². The average molecular weight is 1020 g/mol. The molecule has 0 amide bonds. The van der Waals surface area contributed by atoms with Crippen molar-refractivity contribution in [3.05, 3.63) is 83.4 Å². The summed E-state index contributed by atoms with van der Waals surface area (Å²) >= 11 is 0. The predicted molar refractivity (Wildman–Crippen MR) is 211 cm³/mol. The van der Waals surface area contributed by atoms with Gasteiger partial charge in [0, 0.05) is 18.4 Å². The molecular weight excluding hydrogens is 978 g/mol. The van der Waals surface area contributed by atoms with Crippen molar-refractivity contribution in [2.45, 2.75) is 145 Å². The van der Waals surface area contributed by atoms with Gasteiger partial charge in [0.1, 0.15) is 23.0 Å². The number of esters is 2. The lowest BCUT2D eigenvalue weighted by atomic mass is 9.98. The zero-order chi connectivity index (χ0) is 52.1. The smallest absolute Gasteiger partial charge is 0.460 e. The van der Waals surface area contributed by atoms with Gasteiger partial charge in [-0.05, 0) is 93.3 Å². The van der Waals surface area contributed by atoms with Crippen molar-refractivity contribution in [3.8, 4) is 23.0 Å². The first-order valence-electron chi connectivity index (χ1n) is 21.2. The van der Waals surface area contributed by atoms with Crippen LogP contribution in [0.25, 0.3) is 0 Å². The Labute approximate surface area is 383 Å². The quantitative estimate of drug-likeness (QED) is 0.0312. The summed E-state index contributed by atoms with van der Waals surface area (Å²) in [5, 5.41) is 0. The van der Waals surface area contributed by atoms with Gasteiger partial charge in [-0.25, -0.2) is 9.59 Å². The molecule has 0 aliphatic heterocycles. The Bertz CT molecular complexity index is 1940. The normalized spacial score (nSPS) is 13.3. The van der Waals surface area contributed by atoms with Gasteiger partial charge in [0.05, 0.1) is 24.3 Å². The van der Waals surface area contributed by atoms with E-state index < -0.39 is 85.5 Å². The van der Waals surface area contributed by atoms with Gasteiger partial charge < -0.3 is 18.9 Å². The van der Waals surface area contributed by atoms with E-state index in [-0.39, 0.29) is 61.5 Å². The van der Waals surface area contributed by atoms with Crippen molar-refractivity contribution in [2.75, 3.05) is 13.2 Å². The van der Waals surface area contributed by atoms with Gasteiger partial charge in [-0.2, -0.15) is 79.0 Å². The van der Waals surface area contributed by atoms with E-state index in [0.717, 1.165) is 0 Å². The number of carbonyl (C=O) groups excluding carboxylic acids is 2. The van der Waals surface area contributed by atoms with Crippen LogP contribution in [0.2, 0.25) is 0 Å². The SMILES string of the molecule is Cc1c(OC(=O)c2ccc(OCCCCCCCCC(F)(F)C(F)(F)C(F)(F)C(F)(F)F)cc2)cccc1OC(=O)c1ccc(OCCCCCCCCC(F)(F)C(F)(F)C(F)(F)C(F)(F)F)cc1. The van der Waals surface area contributed by atoms with E-state index in [1.54, 1.807) is 0 Å². The minimum atomic E-state index is -6.90. The van der Waals surface area contributed by atoms with Crippen LogP contribution in [0.3, 0.4) is 0 Å². The molecule has 0 heterocycles. The lowest BCUT2D eigenvalue weighted by Gasteiger charge is -2.33. The van der Waals surface area contributed by atoms with Crippen LogP contribution in [0.5, 0.6) is 23.0 Å². The third-order valence-corrected chi connectivity index (χ3v) is 10.5. The van der Waals surface area contributed by atoms with Gasteiger partial charge in [-0.15, -0.1) is 0 Å². The zero-order valence-electron chi connectivity index (χ0n) is 36.4. The highest BCUT2D eigenvalue weighted by molar-refractivity contribution is 5.92. The number of rotatable bonds is 28. The summed E-state index contributed by atoms with van der Waals surface area (Å²) in [4.78, 5) is 25.8. The maximum atomic E-state index is 13.6. The molecule has 3 aromatic carbocycles. The molecule has 388 valence electrons. The van der Waals surface area contributed by atoms with Gasteiger partial charge in [0.25, 0.3) is 0 Å². The molecule has 3 rings (SSSR count). The van der Waals surface area contributed by atoms with Crippen molar-refractivity contribution in [2.24, 2.45) is 0 Å². The number of carbonyl (C=O) groups is 2. The van der Waals surface area contributed by atoms with Crippen LogP contribution in [0.4, 0.5) is 79.0 Å². The van der Waals surface area contributed by atoms with Gasteiger partial charge >= 0.3 is 59.8 Å². The Morgan fingerprint density at radius 3 is 0.986 bits per heavy atom. The molecule has 0 aromatic heterocycles. The highest BCUT2D eigenvalue weighted by atomic mass is 19.4. The molecule has 0 saturated heterocycles. The third kappa shape index (κ3) is 15.0. The van der Waals surface area contributed by atoms with Gasteiger partial charge in [-0.3, -0.25) is 0 Å². The van der Waals surface area contributed by atoms with Crippen molar-refractivity contribution >= 4 is 11.9 Å². The molecule has 0 bridgehead atoms. The molecule has 0 aliphatic rings. The molecule has 24 heteroatoms. The van der Waals surface area contributed by atoms with Crippen LogP contribution in [-0.4, -0.2) is 73.0 Å². The van der Waals surface area contributed by atoms with E-state index >= 15 is 0 Å². The largest absolute Gasteiger partial charge is 0.494 e. The second kappa shape index (κ2) is 23.7. The topological polar surface area (TPSA) is 71.1 Å². The first-order chi connectivity index (χ1) is 31.8. The predicted octanol–water partition coefficient (Wildman–Crippen LogP) is 15.6. The Morgan fingerprint density at radius 2 is 0.681 bits per heavy atom. The van der Waals surface area contributed by atoms with E-state index in [1.807, 2.05) is 0 Å². The molecule has 0 saturated carbocycles. The zero-order valence-corrected chi connectivity index (χ0v) is 36.4. The van der Waals surface area contributed by atoms with E-state index in [1.165, 1.54) is 73.7 Å². The van der Waals surface area contributed by atoms with Crippen molar-refractivity contribution in [1.29, 1.82) is 0 Å². The molecule has 0 fully saturated rings. The van der Waals surface area contributed by atoms with Crippen LogP contribution >= 0.6 is 0 Å². The lowest BCUT2D eigenvalue weighted by molar-refractivity contribution is -0.396. The number of alkyl halides is 18. The molecule has 6 nitrogen and oxygen atoms in total. The van der Waals surface area contributed by atoms with E-state index in [2.05, 4.69) is 0 Å². The summed E-state index contributed by atoms with van der Waals surface area (Å²) in [6, 6.07) is 16.0. The summed E-state index contributed by atoms with van der Waals surface area (Å²) in [6.45, 7) is 1.89. The highest BCUT2D eigenvalue weighted by Gasteiger charge is 2.82. The van der Waals surface area contributed by atoms with Crippen LogP contribution in [0, 0.1) is 6.92 Å². The number of unbranched alkanes of at least 4 members (excludes halogenated alkanes) is 10. The molecule has 0 radical (unpaired) electrons. The van der Waals surface area contributed by atoms with Crippen LogP contribution in [-0.2, 0) is 0 Å². The first kappa shape index (κ1) is 58.3. The summed E-state index contributed by atoms with van der Waals surface area (Å²) < 4.78 is 256. The number of ether oxygens (including phenoxy) is 4. The fourth-order valence-electron chi connectivity index (χ4n) is 6.33.